The molecule has 5 heteroatoms. The molecule has 0 aliphatic rings. The fraction of sp³-hybridized carbons (Fsp3) is 0.0435. The number of nitrogens with zero attached hydrogens (tertiary/aromatic N) is 1. The van der Waals surface area contributed by atoms with Crippen LogP contribution in [0.5, 0.6) is 0 Å². The number of ketones is 1. The lowest BCUT2D eigenvalue weighted by atomic mass is 10.0. The highest BCUT2D eigenvalue weighted by Crippen LogP contribution is 2.23. The maximum Gasteiger partial charge on any atom is 0.205 e. The molecular weight excluding hydrogens is 388 g/mol. The van der Waals surface area contributed by atoms with E-state index in [0.717, 1.165) is 11.3 Å². The van der Waals surface area contributed by atoms with Crippen molar-refractivity contribution in [3.05, 3.63) is 107 Å². The van der Waals surface area contributed by atoms with Crippen molar-refractivity contribution in [1.29, 1.82) is 5.26 Å². The zero-order valence-electron chi connectivity index (χ0n) is 14.9. The average Bonchev–Trinajstić information content (AvgIpc) is 2.73. The minimum Gasteiger partial charge on any atom is -0.360 e. The maximum atomic E-state index is 12.7. The number of halogens is 1. The first kappa shape index (κ1) is 19.8. The first-order valence-corrected chi connectivity index (χ1v) is 9.96. The number of nitrogens with one attached hydrogen (secondary N) is 1. The summed E-state index contributed by atoms with van der Waals surface area (Å²) in [5.41, 5.74) is 2.26. The molecule has 0 spiro atoms. The Morgan fingerprint density at radius 1 is 1.04 bits per heavy atom. The molecule has 3 aromatic rings. The minimum absolute atomic E-state index is 0.0350. The third-order valence-corrected chi connectivity index (χ3v) is 5.23. The number of thioether (sulfide) groups is 1. The van der Waals surface area contributed by atoms with Crippen molar-refractivity contribution in [2.24, 2.45) is 0 Å². The number of carbonyl (C=O) groups excluding carboxylic acids is 1. The highest BCUT2D eigenvalue weighted by atomic mass is 35.5. The quantitative estimate of drug-likeness (QED) is 0.216. The monoisotopic (exact) mass is 404 g/mol. The van der Waals surface area contributed by atoms with Crippen molar-refractivity contribution in [2.75, 3.05) is 5.32 Å². The summed E-state index contributed by atoms with van der Waals surface area (Å²) in [5, 5.41) is 12.9. The molecule has 0 aliphatic carbocycles. The van der Waals surface area contributed by atoms with Crippen LogP contribution in [0.2, 0.25) is 5.02 Å². The zero-order valence-corrected chi connectivity index (χ0v) is 16.5. The van der Waals surface area contributed by atoms with Gasteiger partial charge in [-0.2, -0.15) is 5.26 Å². The number of carbonyl (C=O) groups is 1. The number of anilines is 1. The highest BCUT2D eigenvalue weighted by Gasteiger charge is 2.12. The first-order chi connectivity index (χ1) is 13.7. The number of hydrogen-bond donors (Lipinski definition) is 1. The lowest BCUT2D eigenvalue weighted by molar-refractivity contribution is 0.103. The lowest BCUT2D eigenvalue weighted by Crippen LogP contribution is -2.05. The van der Waals surface area contributed by atoms with Crippen molar-refractivity contribution in [1.82, 2.24) is 0 Å². The Kier molecular flexibility index (Phi) is 6.91. The molecule has 138 valence electrons. The highest BCUT2D eigenvalue weighted by molar-refractivity contribution is 7.98. The zero-order chi connectivity index (χ0) is 19.8. The fourth-order valence-electron chi connectivity index (χ4n) is 2.52. The van der Waals surface area contributed by atoms with Crippen molar-refractivity contribution in [3.8, 4) is 6.07 Å². The molecule has 0 aliphatic heterocycles. The van der Waals surface area contributed by atoms with Gasteiger partial charge in [0.2, 0.25) is 5.78 Å². The Morgan fingerprint density at radius 2 is 1.82 bits per heavy atom. The van der Waals surface area contributed by atoms with E-state index in [4.69, 9.17) is 11.6 Å². The van der Waals surface area contributed by atoms with E-state index in [2.05, 4.69) is 17.4 Å². The van der Waals surface area contributed by atoms with Gasteiger partial charge in [0, 0.05) is 33.1 Å². The first-order valence-electron chi connectivity index (χ1n) is 8.59. The number of benzene rings is 3. The second-order valence-electron chi connectivity index (χ2n) is 5.96. The van der Waals surface area contributed by atoms with Crippen LogP contribution in [0.15, 0.2) is 95.5 Å². The predicted octanol–water partition coefficient (Wildman–Crippen LogP) is 6.33. The van der Waals surface area contributed by atoms with Crippen LogP contribution < -0.4 is 5.32 Å². The number of rotatable bonds is 7. The number of Topliss-reactive ketones (excluding diaryl/α,β-unsaturated/α-hetero) is 1. The average molecular weight is 405 g/mol. The number of hydrogen-bond acceptors (Lipinski definition) is 4. The molecule has 0 radical (unpaired) electrons. The SMILES string of the molecule is N#C/C(=C/Nc1cccc(Cl)c1)C(=O)c1cccc(CSc2ccccc2)c1. The van der Waals surface area contributed by atoms with Crippen molar-refractivity contribution in [3.63, 3.8) is 0 Å². The third-order valence-electron chi connectivity index (χ3n) is 3.91. The molecular formula is C23H17ClN2OS. The van der Waals surface area contributed by atoms with Gasteiger partial charge in [0.25, 0.3) is 0 Å². The molecule has 0 heterocycles. The lowest BCUT2D eigenvalue weighted by Gasteiger charge is -2.06. The van der Waals surface area contributed by atoms with Crippen LogP contribution in [0, 0.1) is 11.3 Å². The molecule has 0 atom stereocenters. The second-order valence-corrected chi connectivity index (χ2v) is 7.44. The van der Waals surface area contributed by atoms with Gasteiger partial charge >= 0.3 is 0 Å². The van der Waals surface area contributed by atoms with Gasteiger partial charge in [-0.1, -0.05) is 54.1 Å². The number of nitriles is 1. The van der Waals surface area contributed by atoms with Crippen LogP contribution in [0.25, 0.3) is 0 Å². The van der Waals surface area contributed by atoms with E-state index in [-0.39, 0.29) is 11.4 Å². The summed E-state index contributed by atoms with van der Waals surface area (Å²) in [6, 6.07) is 26.5. The van der Waals surface area contributed by atoms with E-state index < -0.39 is 0 Å². The molecule has 0 amide bonds. The van der Waals surface area contributed by atoms with Crippen molar-refractivity contribution >= 4 is 34.8 Å². The third kappa shape index (κ3) is 5.50. The smallest absolute Gasteiger partial charge is 0.205 e. The van der Waals surface area contributed by atoms with Gasteiger partial charge < -0.3 is 5.32 Å². The fourth-order valence-corrected chi connectivity index (χ4v) is 3.58. The summed E-state index contributed by atoms with van der Waals surface area (Å²) in [6.07, 6.45) is 1.42. The standard InChI is InChI=1S/C23H17ClN2OS/c24-20-8-5-9-21(13-20)26-15-19(14-25)23(27)18-7-4-6-17(12-18)16-28-22-10-2-1-3-11-22/h1-13,15,26H,16H2/b19-15-. The van der Waals surface area contributed by atoms with E-state index in [1.807, 2.05) is 48.5 Å². The van der Waals surface area contributed by atoms with Crippen molar-refractivity contribution in [2.45, 2.75) is 10.6 Å². The van der Waals surface area contributed by atoms with Crippen LogP contribution in [-0.4, -0.2) is 5.78 Å². The Balaban J connectivity index is 1.71. The summed E-state index contributed by atoms with van der Waals surface area (Å²) in [5.74, 6) is 0.431. The van der Waals surface area contributed by atoms with Gasteiger partial charge in [-0.05, 0) is 42.0 Å². The summed E-state index contributed by atoms with van der Waals surface area (Å²) in [7, 11) is 0. The topological polar surface area (TPSA) is 52.9 Å². The molecule has 3 aromatic carbocycles. The van der Waals surface area contributed by atoms with Crippen LogP contribution in [0.3, 0.4) is 0 Å². The Hall–Kier alpha value is -3.00. The molecule has 3 nitrogen and oxygen atoms in total. The molecule has 0 saturated carbocycles. The molecule has 0 saturated heterocycles. The molecule has 28 heavy (non-hydrogen) atoms. The Morgan fingerprint density at radius 3 is 2.57 bits per heavy atom. The van der Waals surface area contributed by atoms with E-state index in [9.17, 15) is 10.1 Å². The van der Waals surface area contributed by atoms with Gasteiger partial charge in [-0.3, -0.25) is 4.79 Å². The van der Waals surface area contributed by atoms with E-state index in [1.54, 1.807) is 36.0 Å². The Labute approximate surface area is 173 Å². The van der Waals surface area contributed by atoms with E-state index in [0.29, 0.717) is 16.3 Å². The molecule has 0 fully saturated rings. The maximum absolute atomic E-state index is 12.7. The second kappa shape index (κ2) is 9.80. The minimum atomic E-state index is -0.316. The van der Waals surface area contributed by atoms with Gasteiger partial charge in [0.05, 0.1) is 0 Å². The normalized spacial score (nSPS) is 10.9. The van der Waals surface area contributed by atoms with Crippen LogP contribution in [0.1, 0.15) is 15.9 Å². The largest absolute Gasteiger partial charge is 0.360 e. The molecule has 1 N–H and O–H groups in total. The summed E-state index contributed by atoms with van der Waals surface area (Å²) < 4.78 is 0. The summed E-state index contributed by atoms with van der Waals surface area (Å²) in [4.78, 5) is 13.9. The van der Waals surface area contributed by atoms with Gasteiger partial charge in [-0.25, -0.2) is 0 Å². The molecule has 0 unspecified atom stereocenters. The molecule has 0 aromatic heterocycles. The van der Waals surface area contributed by atoms with E-state index >= 15 is 0 Å². The van der Waals surface area contributed by atoms with Crippen LogP contribution >= 0.6 is 23.4 Å². The van der Waals surface area contributed by atoms with Crippen LogP contribution in [0.4, 0.5) is 5.69 Å². The molecule has 0 bridgehead atoms. The molecule has 3 rings (SSSR count). The van der Waals surface area contributed by atoms with E-state index in [1.165, 1.54) is 11.1 Å². The van der Waals surface area contributed by atoms with Crippen LogP contribution in [-0.2, 0) is 5.75 Å². The predicted molar refractivity (Wildman–Crippen MR) is 116 cm³/mol. The number of allylic oxidation sites excluding steroid dienone is 1. The van der Waals surface area contributed by atoms with Gasteiger partial charge in [-0.15, -0.1) is 11.8 Å². The van der Waals surface area contributed by atoms with Gasteiger partial charge in [0.15, 0.2) is 0 Å². The summed E-state index contributed by atoms with van der Waals surface area (Å²) in [6.45, 7) is 0. The van der Waals surface area contributed by atoms with Gasteiger partial charge in [0.1, 0.15) is 11.6 Å². The Bertz CT molecular complexity index is 1040. The summed E-state index contributed by atoms with van der Waals surface area (Å²) >= 11 is 7.65. The van der Waals surface area contributed by atoms with Crippen molar-refractivity contribution < 1.29 is 4.79 Å².